The molecule has 2 nitrogen and oxygen atoms in total. The van der Waals surface area contributed by atoms with E-state index in [2.05, 4.69) is 13.8 Å². The summed E-state index contributed by atoms with van der Waals surface area (Å²) in [5.41, 5.74) is -0.595. The van der Waals surface area contributed by atoms with E-state index < -0.39 is 5.60 Å². The number of aliphatic hydroxyl groups is 2. The van der Waals surface area contributed by atoms with E-state index in [9.17, 15) is 5.11 Å². The fraction of sp³-hybridized carbons (Fsp3) is 1.00. The van der Waals surface area contributed by atoms with Crippen molar-refractivity contribution in [2.45, 2.75) is 46.1 Å². The first kappa shape index (κ1) is 11.9. The fourth-order valence-electron chi connectivity index (χ4n) is 1.17. The molecule has 0 aromatic carbocycles. The lowest BCUT2D eigenvalue weighted by Gasteiger charge is -2.23. The van der Waals surface area contributed by atoms with Gasteiger partial charge >= 0.3 is 0 Å². The van der Waals surface area contributed by atoms with Gasteiger partial charge in [0.15, 0.2) is 0 Å². The SMILES string of the molecule is CC(C)[C@@H](CO)CCC(C)(C)O. The predicted octanol–water partition coefficient (Wildman–Crippen LogP) is 1.80. The molecule has 0 radical (unpaired) electrons. The number of hydrogen-bond acceptors (Lipinski definition) is 2. The highest BCUT2D eigenvalue weighted by atomic mass is 16.3. The zero-order chi connectivity index (χ0) is 9.78. The first-order valence-electron chi connectivity index (χ1n) is 4.70. The molecule has 0 fully saturated rings. The predicted molar refractivity (Wildman–Crippen MR) is 50.9 cm³/mol. The summed E-state index contributed by atoms with van der Waals surface area (Å²) in [5.74, 6) is 0.828. The molecule has 2 heteroatoms. The van der Waals surface area contributed by atoms with Crippen molar-refractivity contribution in [1.29, 1.82) is 0 Å². The van der Waals surface area contributed by atoms with Gasteiger partial charge in [-0.15, -0.1) is 0 Å². The highest BCUT2D eigenvalue weighted by molar-refractivity contribution is 4.70. The lowest BCUT2D eigenvalue weighted by atomic mass is 9.88. The Kier molecular flexibility index (Phi) is 4.80. The standard InChI is InChI=1S/C10H22O2/c1-8(2)9(7-11)5-6-10(3,4)12/h8-9,11-12H,5-7H2,1-4H3/t9-/m1/s1. The second-order valence-electron chi connectivity index (χ2n) is 4.54. The molecule has 74 valence electrons. The summed E-state index contributed by atoms with van der Waals surface area (Å²) >= 11 is 0. The Morgan fingerprint density at radius 1 is 1.25 bits per heavy atom. The molecule has 0 saturated heterocycles. The molecule has 0 spiro atoms. The van der Waals surface area contributed by atoms with Crippen LogP contribution in [0.3, 0.4) is 0 Å². The van der Waals surface area contributed by atoms with E-state index in [1.807, 2.05) is 13.8 Å². The molecule has 0 bridgehead atoms. The van der Waals surface area contributed by atoms with Crippen molar-refractivity contribution >= 4 is 0 Å². The van der Waals surface area contributed by atoms with E-state index in [1.54, 1.807) is 0 Å². The summed E-state index contributed by atoms with van der Waals surface area (Å²) in [6.45, 7) is 8.05. The lowest BCUT2D eigenvalue weighted by Crippen LogP contribution is -2.22. The van der Waals surface area contributed by atoms with Crippen molar-refractivity contribution in [2.24, 2.45) is 11.8 Å². The van der Waals surface area contributed by atoms with E-state index in [-0.39, 0.29) is 6.61 Å². The Hall–Kier alpha value is -0.0800. The minimum absolute atomic E-state index is 0.230. The van der Waals surface area contributed by atoms with E-state index >= 15 is 0 Å². The summed E-state index contributed by atoms with van der Waals surface area (Å²) < 4.78 is 0. The fourth-order valence-corrected chi connectivity index (χ4v) is 1.17. The average Bonchev–Trinajstić information content (AvgIpc) is 1.85. The molecule has 0 rings (SSSR count). The third-order valence-electron chi connectivity index (χ3n) is 2.30. The van der Waals surface area contributed by atoms with Crippen LogP contribution in [0.1, 0.15) is 40.5 Å². The van der Waals surface area contributed by atoms with Crippen LogP contribution < -0.4 is 0 Å². The Morgan fingerprint density at radius 2 is 1.75 bits per heavy atom. The van der Waals surface area contributed by atoms with Gasteiger partial charge in [-0.05, 0) is 38.5 Å². The van der Waals surface area contributed by atoms with Crippen molar-refractivity contribution in [1.82, 2.24) is 0 Å². The second-order valence-corrected chi connectivity index (χ2v) is 4.54. The zero-order valence-corrected chi connectivity index (χ0v) is 8.67. The van der Waals surface area contributed by atoms with Gasteiger partial charge in [0.2, 0.25) is 0 Å². The van der Waals surface area contributed by atoms with Gasteiger partial charge in [-0.1, -0.05) is 13.8 Å². The molecule has 12 heavy (non-hydrogen) atoms. The van der Waals surface area contributed by atoms with Crippen LogP contribution >= 0.6 is 0 Å². The molecule has 0 unspecified atom stereocenters. The van der Waals surface area contributed by atoms with Crippen molar-refractivity contribution < 1.29 is 10.2 Å². The molecule has 1 atom stereocenters. The van der Waals surface area contributed by atoms with Gasteiger partial charge in [0.1, 0.15) is 0 Å². The van der Waals surface area contributed by atoms with Crippen LogP contribution in [0.2, 0.25) is 0 Å². The smallest absolute Gasteiger partial charge is 0.0591 e. The van der Waals surface area contributed by atoms with E-state index in [1.165, 1.54) is 0 Å². The molecule has 0 heterocycles. The van der Waals surface area contributed by atoms with Gasteiger partial charge in [0.05, 0.1) is 5.60 Å². The molecule has 0 aliphatic rings. The molecule has 2 N–H and O–H groups in total. The summed E-state index contributed by atoms with van der Waals surface area (Å²) in [7, 11) is 0. The van der Waals surface area contributed by atoms with Crippen LogP contribution in [-0.4, -0.2) is 22.4 Å². The van der Waals surface area contributed by atoms with Crippen molar-refractivity contribution in [3.8, 4) is 0 Å². The first-order chi connectivity index (χ1) is 5.37. The van der Waals surface area contributed by atoms with Gasteiger partial charge in [-0.2, -0.15) is 0 Å². The van der Waals surface area contributed by atoms with Gasteiger partial charge in [0.25, 0.3) is 0 Å². The number of hydrogen-bond donors (Lipinski definition) is 2. The highest BCUT2D eigenvalue weighted by Gasteiger charge is 2.18. The Balaban J connectivity index is 3.73. The maximum atomic E-state index is 9.46. The summed E-state index contributed by atoms with van der Waals surface area (Å²) in [6, 6.07) is 0. The molecule has 0 aliphatic carbocycles. The molecular formula is C10H22O2. The average molecular weight is 174 g/mol. The van der Waals surface area contributed by atoms with Crippen LogP contribution in [-0.2, 0) is 0 Å². The molecule has 0 amide bonds. The molecule has 0 aromatic heterocycles. The van der Waals surface area contributed by atoms with Crippen LogP contribution in [0.15, 0.2) is 0 Å². The van der Waals surface area contributed by atoms with Crippen LogP contribution in [0.25, 0.3) is 0 Å². The largest absolute Gasteiger partial charge is 0.396 e. The van der Waals surface area contributed by atoms with E-state index in [0.717, 1.165) is 12.8 Å². The maximum absolute atomic E-state index is 9.46. The second kappa shape index (κ2) is 4.83. The van der Waals surface area contributed by atoms with Crippen LogP contribution in [0.5, 0.6) is 0 Å². The molecule has 0 aliphatic heterocycles. The molecule has 0 aromatic rings. The third-order valence-corrected chi connectivity index (χ3v) is 2.30. The van der Waals surface area contributed by atoms with Gasteiger partial charge < -0.3 is 10.2 Å². The Morgan fingerprint density at radius 3 is 2.00 bits per heavy atom. The Bertz CT molecular complexity index is 113. The minimum atomic E-state index is -0.595. The summed E-state index contributed by atoms with van der Waals surface area (Å²) in [6.07, 6.45) is 1.66. The van der Waals surface area contributed by atoms with Gasteiger partial charge in [0, 0.05) is 6.61 Å². The third kappa shape index (κ3) is 5.56. The number of aliphatic hydroxyl groups excluding tert-OH is 1. The van der Waals surface area contributed by atoms with E-state index in [4.69, 9.17) is 5.11 Å². The maximum Gasteiger partial charge on any atom is 0.0591 e. The van der Waals surface area contributed by atoms with Gasteiger partial charge in [-0.3, -0.25) is 0 Å². The quantitative estimate of drug-likeness (QED) is 0.667. The summed E-state index contributed by atoms with van der Waals surface area (Å²) in [4.78, 5) is 0. The van der Waals surface area contributed by atoms with Crippen LogP contribution in [0.4, 0.5) is 0 Å². The zero-order valence-electron chi connectivity index (χ0n) is 8.67. The van der Waals surface area contributed by atoms with Crippen molar-refractivity contribution in [3.05, 3.63) is 0 Å². The monoisotopic (exact) mass is 174 g/mol. The number of rotatable bonds is 5. The van der Waals surface area contributed by atoms with Crippen LogP contribution in [0, 0.1) is 11.8 Å². The Labute approximate surface area is 75.6 Å². The minimum Gasteiger partial charge on any atom is -0.396 e. The van der Waals surface area contributed by atoms with Crippen molar-refractivity contribution in [2.75, 3.05) is 6.61 Å². The lowest BCUT2D eigenvalue weighted by molar-refractivity contribution is 0.0545. The highest BCUT2D eigenvalue weighted by Crippen LogP contribution is 2.21. The first-order valence-corrected chi connectivity index (χ1v) is 4.70. The van der Waals surface area contributed by atoms with E-state index in [0.29, 0.717) is 11.8 Å². The molecular weight excluding hydrogens is 152 g/mol. The topological polar surface area (TPSA) is 40.5 Å². The normalized spacial score (nSPS) is 15.2. The molecule has 0 saturated carbocycles. The van der Waals surface area contributed by atoms with Gasteiger partial charge in [-0.25, -0.2) is 0 Å². The summed E-state index contributed by atoms with van der Waals surface area (Å²) in [5, 5.41) is 18.5. The van der Waals surface area contributed by atoms with Crippen molar-refractivity contribution in [3.63, 3.8) is 0 Å².